The van der Waals surface area contributed by atoms with Crippen LogP contribution in [0.4, 0.5) is 18.9 Å². The predicted molar refractivity (Wildman–Crippen MR) is 119 cm³/mol. The third kappa shape index (κ3) is 4.86. The van der Waals surface area contributed by atoms with Crippen molar-refractivity contribution in [1.82, 2.24) is 14.9 Å². The number of pyridine rings is 1. The van der Waals surface area contributed by atoms with E-state index in [9.17, 15) is 27.6 Å². The Balaban J connectivity index is 1.59. The minimum atomic E-state index is -4.54. The van der Waals surface area contributed by atoms with E-state index in [0.29, 0.717) is 34.6 Å². The first-order chi connectivity index (χ1) is 16.0. The Labute approximate surface area is 196 Å². The summed E-state index contributed by atoms with van der Waals surface area (Å²) in [5.74, 6) is -2.31. The number of thiazole rings is 1. The molecule has 12 heteroatoms. The number of hydrogen-bond acceptors (Lipinski definition) is 6. The lowest BCUT2D eigenvalue weighted by Gasteiger charge is -2.38. The molecule has 2 aromatic heterocycles. The molecule has 0 unspecified atom stereocenters. The number of piperidine rings is 1. The molecule has 1 fully saturated rings. The SMILES string of the molecule is C[C@@H]1CC[C@@H](c2ccc3sc(C(F)(F)F)nc3c2)N(C(=O)C(=O)Nc2cncc(C(N)=O)c2)C1. The van der Waals surface area contributed by atoms with Gasteiger partial charge in [-0.2, -0.15) is 13.2 Å². The quantitative estimate of drug-likeness (QED) is 0.541. The van der Waals surface area contributed by atoms with E-state index < -0.39 is 34.9 Å². The molecule has 3 N–H and O–H groups in total. The Kier molecular flexibility index (Phi) is 6.26. The largest absolute Gasteiger partial charge is 0.443 e. The lowest BCUT2D eigenvalue weighted by atomic mass is 9.89. The third-order valence-electron chi connectivity index (χ3n) is 5.59. The van der Waals surface area contributed by atoms with Gasteiger partial charge in [-0.15, -0.1) is 11.3 Å². The van der Waals surface area contributed by atoms with E-state index in [-0.39, 0.29) is 22.7 Å². The van der Waals surface area contributed by atoms with Crippen molar-refractivity contribution in [2.45, 2.75) is 32.0 Å². The molecule has 0 bridgehead atoms. The molecular weight excluding hydrogens is 471 g/mol. The maximum Gasteiger partial charge on any atom is 0.443 e. The number of nitrogens with two attached hydrogens (primary N) is 1. The second kappa shape index (κ2) is 9.01. The first kappa shape index (κ1) is 23.6. The molecule has 1 aromatic carbocycles. The fourth-order valence-corrected chi connectivity index (χ4v) is 4.77. The van der Waals surface area contributed by atoms with Crippen molar-refractivity contribution in [3.05, 3.63) is 52.8 Å². The van der Waals surface area contributed by atoms with Crippen LogP contribution in [0, 0.1) is 5.92 Å². The summed E-state index contributed by atoms with van der Waals surface area (Å²) in [5, 5.41) is 1.50. The first-order valence-corrected chi connectivity index (χ1v) is 11.2. The molecule has 0 aliphatic carbocycles. The van der Waals surface area contributed by atoms with Crippen LogP contribution in [0.1, 0.15) is 46.7 Å². The van der Waals surface area contributed by atoms with Gasteiger partial charge in [-0.25, -0.2) is 4.98 Å². The highest BCUT2D eigenvalue weighted by Crippen LogP contribution is 2.38. The molecule has 8 nitrogen and oxygen atoms in total. The highest BCUT2D eigenvalue weighted by atomic mass is 32.1. The first-order valence-electron chi connectivity index (χ1n) is 10.4. The lowest BCUT2D eigenvalue weighted by molar-refractivity contribution is -0.146. The number of amides is 3. The minimum Gasteiger partial charge on any atom is -0.366 e. The van der Waals surface area contributed by atoms with Gasteiger partial charge in [0.05, 0.1) is 33.7 Å². The van der Waals surface area contributed by atoms with Crippen LogP contribution < -0.4 is 11.1 Å². The Hall–Kier alpha value is -3.54. The average molecular weight is 491 g/mol. The molecule has 3 amide bonds. The average Bonchev–Trinajstić information content (AvgIpc) is 3.23. The van der Waals surface area contributed by atoms with E-state index in [1.807, 2.05) is 6.92 Å². The number of likely N-dealkylation sites (tertiary alicyclic amines) is 1. The zero-order chi connectivity index (χ0) is 24.6. The van der Waals surface area contributed by atoms with Gasteiger partial charge in [-0.3, -0.25) is 19.4 Å². The van der Waals surface area contributed by atoms with Gasteiger partial charge >= 0.3 is 18.0 Å². The molecule has 3 aromatic rings. The number of primary amides is 1. The van der Waals surface area contributed by atoms with Crippen LogP contribution in [0.25, 0.3) is 10.2 Å². The number of rotatable bonds is 3. The molecule has 1 aliphatic heterocycles. The summed E-state index contributed by atoms with van der Waals surface area (Å²) in [6.07, 6.45) is -0.696. The topological polar surface area (TPSA) is 118 Å². The van der Waals surface area contributed by atoms with Gasteiger partial charge in [-0.05, 0) is 42.5 Å². The van der Waals surface area contributed by atoms with Gasteiger partial charge in [0.15, 0.2) is 5.01 Å². The van der Waals surface area contributed by atoms with E-state index in [1.165, 1.54) is 23.4 Å². The van der Waals surface area contributed by atoms with Crippen molar-refractivity contribution < 1.29 is 27.6 Å². The molecule has 3 heterocycles. The molecule has 2 atom stereocenters. The molecule has 0 radical (unpaired) electrons. The Morgan fingerprint density at radius 3 is 2.65 bits per heavy atom. The van der Waals surface area contributed by atoms with Crippen LogP contribution in [0.2, 0.25) is 0 Å². The van der Waals surface area contributed by atoms with Gasteiger partial charge in [0, 0.05) is 12.7 Å². The summed E-state index contributed by atoms with van der Waals surface area (Å²) in [7, 11) is 0. The Bertz CT molecular complexity index is 1280. The molecule has 4 rings (SSSR count). The van der Waals surface area contributed by atoms with E-state index in [1.54, 1.807) is 18.2 Å². The number of halogens is 3. The van der Waals surface area contributed by atoms with Crippen LogP contribution in [0.3, 0.4) is 0 Å². The summed E-state index contributed by atoms with van der Waals surface area (Å²) >= 11 is 0.557. The van der Waals surface area contributed by atoms with Crippen LogP contribution >= 0.6 is 11.3 Å². The molecule has 0 spiro atoms. The number of aromatic nitrogens is 2. The number of hydrogen-bond donors (Lipinski definition) is 2. The molecule has 178 valence electrons. The summed E-state index contributed by atoms with van der Waals surface area (Å²) in [4.78, 5) is 46.1. The van der Waals surface area contributed by atoms with Crippen molar-refractivity contribution in [3.8, 4) is 0 Å². The molecule has 1 saturated heterocycles. The van der Waals surface area contributed by atoms with Gasteiger partial charge in [0.25, 0.3) is 0 Å². The number of alkyl halides is 3. The summed E-state index contributed by atoms with van der Waals surface area (Å²) in [5.41, 5.74) is 6.23. The van der Waals surface area contributed by atoms with Crippen molar-refractivity contribution in [1.29, 1.82) is 0 Å². The van der Waals surface area contributed by atoms with Gasteiger partial charge in [0.1, 0.15) is 0 Å². The van der Waals surface area contributed by atoms with Crippen molar-refractivity contribution >= 4 is 45.0 Å². The van der Waals surface area contributed by atoms with Crippen molar-refractivity contribution in [2.75, 3.05) is 11.9 Å². The number of fused-ring (bicyclic) bond motifs is 1. The van der Waals surface area contributed by atoms with Gasteiger partial charge in [-0.1, -0.05) is 13.0 Å². The molecule has 1 aliphatic rings. The highest BCUT2D eigenvalue weighted by Gasteiger charge is 2.36. The predicted octanol–water partition coefficient (Wildman–Crippen LogP) is 3.75. The number of carbonyl (C=O) groups is 3. The smallest absolute Gasteiger partial charge is 0.366 e. The number of anilines is 1. The van der Waals surface area contributed by atoms with Crippen LogP contribution in [-0.2, 0) is 15.8 Å². The fourth-order valence-electron chi connectivity index (χ4n) is 3.95. The molecular formula is C22H20F3N5O3S. The second-order valence-corrected chi connectivity index (χ2v) is 9.21. The number of benzene rings is 1. The monoisotopic (exact) mass is 491 g/mol. The number of nitrogens with one attached hydrogen (secondary N) is 1. The third-order valence-corrected chi connectivity index (χ3v) is 6.67. The van der Waals surface area contributed by atoms with E-state index in [2.05, 4.69) is 15.3 Å². The molecule has 34 heavy (non-hydrogen) atoms. The number of nitrogens with zero attached hydrogens (tertiary/aromatic N) is 3. The van der Waals surface area contributed by atoms with Gasteiger partial charge < -0.3 is 16.0 Å². The van der Waals surface area contributed by atoms with Crippen LogP contribution in [0.15, 0.2) is 36.7 Å². The van der Waals surface area contributed by atoms with E-state index in [4.69, 9.17) is 5.73 Å². The maximum absolute atomic E-state index is 13.1. The van der Waals surface area contributed by atoms with Crippen molar-refractivity contribution in [2.24, 2.45) is 11.7 Å². The fraction of sp³-hybridized carbons (Fsp3) is 0.318. The lowest BCUT2D eigenvalue weighted by Crippen LogP contribution is -2.46. The number of carbonyl (C=O) groups excluding carboxylic acids is 3. The standard InChI is InChI=1S/C22H20F3N5O3S/c1-11-2-4-16(12-3-5-17-15(7-12)29-21(34-17)22(23,24)25)30(10-11)20(33)19(32)28-14-6-13(18(26)31)8-27-9-14/h3,5-9,11,16H,2,4,10H2,1H3,(H2,26,31)(H,28,32)/t11-,16+/m1/s1. The molecule has 0 saturated carbocycles. The summed E-state index contributed by atoms with van der Waals surface area (Å²) in [6.45, 7) is 2.26. The van der Waals surface area contributed by atoms with Crippen LogP contribution in [-0.4, -0.2) is 39.1 Å². The van der Waals surface area contributed by atoms with Crippen molar-refractivity contribution in [3.63, 3.8) is 0 Å². The summed E-state index contributed by atoms with van der Waals surface area (Å²) < 4.78 is 39.5. The van der Waals surface area contributed by atoms with E-state index >= 15 is 0 Å². The Morgan fingerprint density at radius 1 is 1.18 bits per heavy atom. The minimum absolute atomic E-state index is 0.0736. The Morgan fingerprint density at radius 2 is 1.94 bits per heavy atom. The van der Waals surface area contributed by atoms with Crippen LogP contribution in [0.5, 0.6) is 0 Å². The summed E-state index contributed by atoms with van der Waals surface area (Å²) in [6, 6.07) is 5.58. The van der Waals surface area contributed by atoms with E-state index in [0.717, 1.165) is 6.42 Å². The normalized spacial score (nSPS) is 18.6. The highest BCUT2D eigenvalue weighted by molar-refractivity contribution is 7.18. The van der Waals surface area contributed by atoms with Gasteiger partial charge in [0.2, 0.25) is 5.91 Å². The maximum atomic E-state index is 13.1. The zero-order valence-corrected chi connectivity index (χ0v) is 18.7. The zero-order valence-electron chi connectivity index (χ0n) is 17.9. The second-order valence-electron chi connectivity index (χ2n) is 8.18.